The van der Waals surface area contributed by atoms with Crippen molar-refractivity contribution in [3.63, 3.8) is 0 Å². The number of aliphatic hydroxyl groups excluding tert-OH is 1. The SMILES string of the molecule is CNC(=O)C(O)CCCN. The normalized spacial score (nSPS) is 12.7. The summed E-state index contributed by atoms with van der Waals surface area (Å²) in [6.07, 6.45) is 0.221. The van der Waals surface area contributed by atoms with Gasteiger partial charge >= 0.3 is 0 Å². The van der Waals surface area contributed by atoms with Crippen molar-refractivity contribution in [2.45, 2.75) is 18.9 Å². The van der Waals surface area contributed by atoms with E-state index in [1.54, 1.807) is 0 Å². The third kappa shape index (κ3) is 3.42. The van der Waals surface area contributed by atoms with Crippen molar-refractivity contribution in [3.05, 3.63) is 0 Å². The molecule has 0 spiro atoms. The fourth-order valence-electron chi connectivity index (χ4n) is 0.609. The lowest BCUT2D eigenvalue weighted by Crippen LogP contribution is -2.31. The minimum absolute atomic E-state index is 0.339. The van der Waals surface area contributed by atoms with Crippen LogP contribution in [0.4, 0.5) is 0 Å². The topological polar surface area (TPSA) is 75.3 Å². The summed E-state index contributed by atoms with van der Waals surface area (Å²) in [5, 5.41) is 11.3. The molecule has 4 N–H and O–H groups in total. The van der Waals surface area contributed by atoms with Crippen LogP contribution in [0.15, 0.2) is 0 Å². The molecule has 0 fully saturated rings. The first kappa shape index (κ1) is 9.39. The zero-order chi connectivity index (χ0) is 7.98. The predicted molar refractivity (Wildman–Crippen MR) is 38.4 cm³/mol. The van der Waals surface area contributed by atoms with E-state index < -0.39 is 6.10 Å². The first-order valence-electron chi connectivity index (χ1n) is 3.32. The Labute approximate surface area is 60.4 Å². The van der Waals surface area contributed by atoms with Crippen LogP contribution < -0.4 is 11.1 Å². The molecule has 10 heavy (non-hydrogen) atoms. The Bertz CT molecular complexity index is 106. The summed E-state index contributed by atoms with van der Waals surface area (Å²) in [7, 11) is 1.49. The minimum Gasteiger partial charge on any atom is -0.383 e. The Morgan fingerprint density at radius 3 is 2.80 bits per heavy atom. The quantitative estimate of drug-likeness (QED) is 0.468. The highest BCUT2D eigenvalue weighted by Crippen LogP contribution is 1.94. The molecule has 0 aliphatic heterocycles. The molecule has 0 saturated carbocycles. The third-order valence-corrected chi connectivity index (χ3v) is 1.23. The number of likely N-dealkylation sites (N-methyl/N-ethyl adjacent to an activating group) is 1. The summed E-state index contributed by atoms with van der Waals surface area (Å²) in [6.45, 7) is 0.508. The number of carbonyl (C=O) groups is 1. The Morgan fingerprint density at radius 1 is 1.80 bits per heavy atom. The Morgan fingerprint density at radius 2 is 2.40 bits per heavy atom. The molecular weight excluding hydrogens is 132 g/mol. The molecule has 1 amide bonds. The monoisotopic (exact) mass is 146 g/mol. The Hall–Kier alpha value is -0.610. The molecule has 0 heterocycles. The van der Waals surface area contributed by atoms with Crippen LogP contribution in [-0.2, 0) is 4.79 Å². The lowest BCUT2D eigenvalue weighted by molar-refractivity contribution is -0.129. The number of rotatable bonds is 4. The first-order chi connectivity index (χ1) is 4.72. The molecule has 0 aromatic rings. The summed E-state index contributed by atoms with van der Waals surface area (Å²) in [5.41, 5.74) is 5.18. The third-order valence-electron chi connectivity index (χ3n) is 1.23. The fourth-order valence-corrected chi connectivity index (χ4v) is 0.609. The van der Waals surface area contributed by atoms with Crippen LogP contribution in [0, 0.1) is 0 Å². The van der Waals surface area contributed by atoms with Gasteiger partial charge in [0.15, 0.2) is 0 Å². The van der Waals surface area contributed by atoms with Gasteiger partial charge in [-0.25, -0.2) is 0 Å². The Kier molecular flexibility index (Phi) is 4.88. The van der Waals surface area contributed by atoms with E-state index in [9.17, 15) is 4.79 Å². The standard InChI is InChI=1S/C6H14N2O2/c1-8-6(10)5(9)3-2-4-7/h5,9H,2-4,7H2,1H3,(H,8,10). The largest absolute Gasteiger partial charge is 0.383 e. The van der Waals surface area contributed by atoms with Crippen molar-refractivity contribution in [2.75, 3.05) is 13.6 Å². The number of amides is 1. The summed E-state index contributed by atoms with van der Waals surface area (Å²) in [4.78, 5) is 10.6. The van der Waals surface area contributed by atoms with E-state index in [1.807, 2.05) is 0 Å². The molecule has 60 valence electrons. The van der Waals surface area contributed by atoms with Crippen molar-refractivity contribution in [1.29, 1.82) is 0 Å². The second-order valence-electron chi connectivity index (χ2n) is 2.06. The molecule has 1 atom stereocenters. The van der Waals surface area contributed by atoms with Gasteiger partial charge in [-0.2, -0.15) is 0 Å². The average Bonchev–Trinajstić information content (AvgIpc) is 1.98. The van der Waals surface area contributed by atoms with Crippen molar-refractivity contribution >= 4 is 5.91 Å². The number of nitrogens with one attached hydrogen (secondary N) is 1. The maximum atomic E-state index is 10.6. The fraction of sp³-hybridized carbons (Fsp3) is 0.833. The second-order valence-corrected chi connectivity index (χ2v) is 2.06. The summed E-state index contributed by atoms with van der Waals surface area (Å²) in [5.74, 6) is -0.339. The highest BCUT2D eigenvalue weighted by Gasteiger charge is 2.10. The van der Waals surface area contributed by atoms with Gasteiger partial charge in [0.05, 0.1) is 0 Å². The van der Waals surface area contributed by atoms with Gasteiger partial charge in [-0.05, 0) is 19.4 Å². The lowest BCUT2D eigenvalue weighted by Gasteiger charge is -2.06. The maximum Gasteiger partial charge on any atom is 0.248 e. The molecule has 0 radical (unpaired) electrons. The molecule has 0 aromatic heterocycles. The van der Waals surface area contributed by atoms with E-state index in [0.717, 1.165) is 0 Å². The molecule has 0 saturated heterocycles. The van der Waals surface area contributed by atoms with E-state index in [4.69, 9.17) is 10.8 Å². The van der Waals surface area contributed by atoms with Gasteiger partial charge in [-0.1, -0.05) is 0 Å². The van der Waals surface area contributed by atoms with Crippen LogP contribution in [0.3, 0.4) is 0 Å². The number of hydrogen-bond donors (Lipinski definition) is 3. The lowest BCUT2D eigenvalue weighted by atomic mass is 10.2. The smallest absolute Gasteiger partial charge is 0.248 e. The van der Waals surface area contributed by atoms with Gasteiger partial charge in [-0.3, -0.25) is 4.79 Å². The highest BCUT2D eigenvalue weighted by atomic mass is 16.3. The van der Waals surface area contributed by atoms with E-state index in [2.05, 4.69) is 5.32 Å². The summed E-state index contributed by atoms with van der Waals surface area (Å²) in [6, 6.07) is 0. The van der Waals surface area contributed by atoms with E-state index >= 15 is 0 Å². The zero-order valence-electron chi connectivity index (χ0n) is 6.13. The van der Waals surface area contributed by atoms with Crippen molar-refractivity contribution < 1.29 is 9.90 Å². The molecule has 4 nitrogen and oxygen atoms in total. The van der Waals surface area contributed by atoms with Crippen LogP contribution >= 0.6 is 0 Å². The van der Waals surface area contributed by atoms with Gasteiger partial charge < -0.3 is 16.2 Å². The number of carbonyl (C=O) groups excluding carboxylic acids is 1. The highest BCUT2D eigenvalue weighted by molar-refractivity contribution is 5.79. The zero-order valence-corrected chi connectivity index (χ0v) is 6.13. The van der Waals surface area contributed by atoms with Gasteiger partial charge in [0, 0.05) is 7.05 Å². The molecule has 0 aliphatic carbocycles. The van der Waals surface area contributed by atoms with Crippen molar-refractivity contribution in [2.24, 2.45) is 5.73 Å². The number of hydrogen-bond acceptors (Lipinski definition) is 3. The van der Waals surface area contributed by atoms with E-state index in [-0.39, 0.29) is 5.91 Å². The summed E-state index contributed by atoms with van der Waals surface area (Å²) >= 11 is 0. The van der Waals surface area contributed by atoms with Crippen molar-refractivity contribution in [3.8, 4) is 0 Å². The van der Waals surface area contributed by atoms with Gasteiger partial charge in [0.2, 0.25) is 5.91 Å². The van der Waals surface area contributed by atoms with Gasteiger partial charge in [-0.15, -0.1) is 0 Å². The van der Waals surface area contributed by atoms with E-state index in [0.29, 0.717) is 19.4 Å². The van der Waals surface area contributed by atoms with Gasteiger partial charge in [0.1, 0.15) is 6.10 Å². The van der Waals surface area contributed by atoms with Crippen LogP contribution in [0.5, 0.6) is 0 Å². The number of aliphatic hydroxyl groups is 1. The molecular formula is C6H14N2O2. The molecule has 0 aromatic carbocycles. The van der Waals surface area contributed by atoms with Crippen LogP contribution in [0.1, 0.15) is 12.8 Å². The van der Waals surface area contributed by atoms with Crippen LogP contribution in [0.25, 0.3) is 0 Å². The Balaban J connectivity index is 3.41. The second kappa shape index (κ2) is 5.20. The molecule has 0 rings (SSSR count). The van der Waals surface area contributed by atoms with E-state index in [1.165, 1.54) is 7.05 Å². The summed E-state index contributed by atoms with van der Waals surface area (Å²) < 4.78 is 0. The van der Waals surface area contributed by atoms with Gasteiger partial charge in [0.25, 0.3) is 0 Å². The molecule has 0 aliphatic rings. The van der Waals surface area contributed by atoms with Crippen LogP contribution in [-0.4, -0.2) is 30.7 Å². The average molecular weight is 146 g/mol. The molecule has 1 unspecified atom stereocenters. The number of nitrogens with two attached hydrogens (primary N) is 1. The minimum atomic E-state index is -0.895. The first-order valence-corrected chi connectivity index (χ1v) is 3.32. The maximum absolute atomic E-state index is 10.6. The molecule has 4 heteroatoms. The van der Waals surface area contributed by atoms with Crippen molar-refractivity contribution in [1.82, 2.24) is 5.32 Å². The van der Waals surface area contributed by atoms with Crippen LogP contribution in [0.2, 0.25) is 0 Å². The molecule has 0 bridgehead atoms. The predicted octanol–water partition coefficient (Wildman–Crippen LogP) is -1.17.